The lowest BCUT2D eigenvalue weighted by atomic mass is 10.3. The number of halogens is 1. The van der Waals surface area contributed by atoms with Crippen molar-refractivity contribution >= 4 is 5.82 Å². The van der Waals surface area contributed by atoms with Gasteiger partial charge >= 0.3 is 0 Å². The van der Waals surface area contributed by atoms with E-state index in [1.165, 1.54) is 6.07 Å². The molecule has 19 heavy (non-hydrogen) atoms. The van der Waals surface area contributed by atoms with E-state index in [-0.39, 0.29) is 5.82 Å². The number of aromatic nitrogens is 1. The van der Waals surface area contributed by atoms with Crippen LogP contribution >= 0.6 is 0 Å². The van der Waals surface area contributed by atoms with Crippen LogP contribution in [0.1, 0.15) is 19.3 Å². The Morgan fingerprint density at radius 2 is 2.11 bits per heavy atom. The highest BCUT2D eigenvalue weighted by molar-refractivity contribution is 5.39. The third kappa shape index (κ3) is 4.14. The van der Waals surface area contributed by atoms with Gasteiger partial charge in [-0.05, 0) is 51.0 Å². The number of rotatable bonds is 5. The molecule has 1 aromatic heterocycles. The molecule has 5 heteroatoms. The number of hydrogen-bond acceptors (Lipinski definition) is 4. The van der Waals surface area contributed by atoms with Crippen LogP contribution in [0.3, 0.4) is 0 Å². The van der Waals surface area contributed by atoms with E-state index in [1.54, 1.807) is 12.3 Å². The molecule has 0 aromatic carbocycles. The Kier molecular flexibility index (Phi) is 5.54. The third-order valence-corrected chi connectivity index (χ3v) is 3.56. The van der Waals surface area contributed by atoms with E-state index in [2.05, 4.69) is 14.8 Å². The minimum Gasteiger partial charge on any atom is -0.353 e. The lowest BCUT2D eigenvalue weighted by Crippen LogP contribution is -2.32. The Morgan fingerprint density at radius 3 is 2.89 bits per heavy atom. The fourth-order valence-corrected chi connectivity index (χ4v) is 2.50. The second-order valence-electron chi connectivity index (χ2n) is 4.99. The smallest absolute Gasteiger partial charge is 0.165 e. The van der Waals surface area contributed by atoms with Crippen molar-refractivity contribution in [3.8, 4) is 0 Å². The Morgan fingerprint density at radius 1 is 1.21 bits per heavy atom. The maximum Gasteiger partial charge on any atom is 0.165 e. The van der Waals surface area contributed by atoms with Gasteiger partial charge in [-0.3, -0.25) is 0 Å². The first kappa shape index (κ1) is 14.2. The van der Waals surface area contributed by atoms with Gasteiger partial charge < -0.3 is 15.5 Å². The molecule has 0 bridgehead atoms. The van der Waals surface area contributed by atoms with Crippen LogP contribution in [0.4, 0.5) is 10.2 Å². The normalized spacial score (nSPS) is 17.5. The van der Waals surface area contributed by atoms with Gasteiger partial charge in [-0.25, -0.2) is 9.37 Å². The molecule has 2 heterocycles. The second-order valence-corrected chi connectivity index (χ2v) is 4.99. The summed E-state index contributed by atoms with van der Waals surface area (Å²) in [4.78, 5) is 8.65. The average molecular weight is 266 g/mol. The molecule has 2 N–H and O–H groups in total. The van der Waals surface area contributed by atoms with Gasteiger partial charge in [0.2, 0.25) is 0 Å². The summed E-state index contributed by atoms with van der Waals surface area (Å²) >= 11 is 0. The van der Waals surface area contributed by atoms with Crippen LogP contribution in [0, 0.1) is 5.82 Å². The van der Waals surface area contributed by atoms with E-state index in [1.807, 2.05) is 0 Å². The maximum absolute atomic E-state index is 13.7. The summed E-state index contributed by atoms with van der Waals surface area (Å²) in [5, 5.41) is 0. The van der Waals surface area contributed by atoms with Gasteiger partial charge in [-0.1, -0.05) is 0 Å². The zero-order chi connectivity index (χ0) is 13.5. The lowest BCUT2D eigenvalue weighted by molar-refractivity contribution is 0.287. The van der Waals surface area contributed by atoms with Crippen molar-refractivity contribution in [2.45, 2.75) is 19.3 Å². The number of unbranched alkanes of at least 4 members (excludes halogenated alkanes) is 1. The summed E-state index contributed by atoms with van der Waals surface area (Å²) in [5.41, 5.74) is 5.51. The van der Waals surface area contributed by atoms with Gasteiger partial charge in [-0.2, -0.15) is 0 Å². The fourth-order valence-electron chi connectivity index (χ4n) is 2.50. The van der Waals surface area contributed by atoms with Crippen LogP contribution in [0.15, 0.2) is 18.3 Å². The molecular formula is C14H23FN4. The van der Waals surface area contributed by atoms with Crippen LogP contribution in [0.5, 0.6) is 0 Å². The largest absolute Gasteiger partial charge is 0.353 e. The lowest BCUT2D eigenvalue weighted by Gasteiger charge is -2.22. The van der Waals surface area contributed by atoms with Crippen LogP contribution < -0.4 is 10.6 Å². The first-order chi connectivity index (χ1) is 9.31. The van der Waals surface area contributed by atoms with Crippen molar-refractivity contribution < 1.29 is 4.39 Å². The number of pyridine rings is 1. The number of nitrogens with zero attached hydrogens (tertiary/aromatic N) is 3. The summed E-state index contributed by atoms with van der Waals surface area (Å²) in [6.07, 6.45) is 4.94. The minimum absolute atomic E-state index is 0.223. The molecule has 0 unspecified atom stereocenters. The zero-order valence-electron chi connectivity index (χ0n) is 11.4. The van der Waals surface area contributed by atoms with Gasteiger partial charge in [0.15, 0.2) is 11.6 Å². The van der Waals surface area contributed by atoms with Crippen LogP contribution in [-0.4, -0.2) is 49.2 Å². The van der Waals surface area contributed by atoms with E-state index in [4.69, 9.17) is 5.73 Å². The first-order valence-electron chi connectivity index (χ1n) is 7.09. The Hall–Kier alpha value is -1.20. The van der Waals surface area contributed by atoms with Crippen molar-refractivity contribution in [3.05, 3.63) is 24.1 Å². The van der Waals surface area contributed by atoms with Crippen molar-refractivity contribution in [1.29, 1.82) is 0 Å². The summed E-state index contributed by atoms with van der Waals surface area (Å²) < 4.78 is 13.7. The van der Waals surface area contributed by atoms with Crippen LogP contribution in [0.25, 0.3) is 0 Å². The quantitative estimate of drug-likeness (QED) is 0.820. The number of hydrogen-bond donors (Lipinski definition) is 1. The van der Waals surface area contributed by atoms with E-state index in [0.717, 1.165) is 58.5 Å². The molecule has 1 saturated heterocycles. The predicted molar refractivity (Wildman–Crippen MR) is 75.8 cm³/mol. The monoisotopic (exact) mass is 266 g/mol. The first-order valence-corrected chi connectivity index (χ1v) is 7.09. The predicted octanol–water partition coefficient (Wildman–Crippen LogP) is 1.47. The molecule has 0 radical (unpaired) electrons. The molecule has 106 valence electrons. The molecule has 1 aromatic rings. The van der Waals surface area contributed by atoms with Gasteiger partial charge in [0.05, 0.1) is 0 Å². The van der Waals surface area contributed by atoms with Crippen molar-refractivity contribution in [2.24, 2.45) is 5.73 Å². The summed E-state index contributed by atoms with van der Waals surface area (Å²) in [6, 6.07) is 3.11. The third-order valence-electron chi connectivity index (χ3n) is 3.56. The van der Waals surface area contributed by atoms with Gasteiger partial charge in [-0.15, -0.1) is 0 Å². The second kappa shape index (κ2) is 7.40. The molecule has 0 aliphatic carbocycles. The van der Waals surface area contributed by atoms with E-state index in [9.17, 15) is 4.39 Å². The van der Waals surface area contributed by atoms with E-state index < -0.39 is 0 Å². The van der Waals surface area contributed by atoms with E-state index in [0.29, 0.717) is 5.82 Å². The highest BCUT2D eigenvalue weighted by atomic mass is 19.1. The van der Waals surface area contributed by atoms with Crippen molar-refractivity contribution in [1.82, 2.24) is 9.88 Å². The molecule has 0 atom stereocenters. The molecule has 1 fully saturated rings. The van der Waals surface area contributed by atoms with Crippen molar-refractivity contribution in [3.63, 3.8) is 0 Å². The molecule has 1 aliphatic heterocycles. The molecular weight excluding hydrogens is 243 g/mol. The van der Waals surface area contributed by atoms with Crippen molar-refractivity contribution in [2.75, 3.05) is 44.2 Å². The van der Waals surface area contributed by atoms with Crippen LogP contribution in [0.2, 0.25) is 0 Å². The topological polar surface area (TPSA) is 45.4 Å². The molecule has 0 saturated carbocycles. The van der Waals surface area contributed by atoms with Gasteiger partial charge in [0.1, 0.15) is 0 Å². The average Bonchev–Trinajstić information content (AvgIpc) is 2.65. The summed E-state index contributed by atoms with van der Waals surface area (Å²) in [5.74, 6) is 0.269. The Labute approximate surface area is 114 Å². The summed E-state index contributed by atoms with van der Waals surface area (Å²) in [7, 11) is 0. The molecule has 2 rings (SSSR count). The summed E-state index contributed by atoms with van der Waals surface area (Å²) in [6.45, 7) is 5.63. The molecule has 4 nitrogen and oxygen atoms in total. The number of nitrogens with two attached hydrogens (primary N) is 1. The molecule has 0 amide bonds. The highest BCUT2D eigenvalue weighted by Crippen LogP contribution is 2.17. The molecule has 0 spiro atoms. The highest BCUT2D eigenvalue weighted by Gasteiger charge is 2.17. The number of anilines is 1. The van der Waals surface area contributed by atoms with Gasteiger partial charge in [0, 0.05) is 25.8 Å². The minimum atomic E-state index is -0.223. The van der Waals surface area contributed by atoms with Gasteiger partial charge in [0.25, 0.3) is 0 Å². The van der Waals surface area contributed by atoms with E-state index >= 15 is 0 Å². The fraction of sp³-hybridized carbons (Fsp3) is 0.643. The zero-order valence-corrected chi connectivity index (χ0v) is 11.4. The Balaban J connectivity index is 1.88. The standard InChI is InChI=1S/C14H23FN4/c15-13-5-3-7-17-14(13)19-10-4-9-18(11-12-19)8-2-1-6-16/h3,5,7H,1-2,4,6,8-12,16H2. The Bertz CT molecular complexity index is 385. The van der Waals surface area contributed by atoms with Crippen LogP contribution in [-0.2, 0) is 0 Å². The SMILES string of the molecule is NCCCCN1CCCN(c2ncccc2F)CC1. The molecule has 1 aliphatic rings. The maximum atomic E-state index is 13.7.